The Morgan fingerprint density at radius 3 is 2.80 bits per heavy atom. The van der Waals surface area contributed by atoms with E-state index in [1.165, 1.54) is 0 Å². The fourth-order valence-corrected chi connectivity index (χ4v) is 2.76. The van der Waals surface area contributed by atoms with Crippen molar-refractivity contribution in [2.24, 2.45) is 0 Å². The first kappa shape index (κ1) is 17.0. The second-order valence-electron chi connectivity index (χ2n) is 6.08. The highest BCUT2D eigenvalue weighted by Crippen LogP contribution is 2.26. The van der Waals surface area contributed by atoms with Crippen LogP contribution in [0.3, 0.4) is 0 Å². The maximum absolute atomic E-state index is 11.8. The van der Waals surface area contributed by atoms with E-state index in [1.54, 1.807) is 0 Å². The molecule has 0 saturated carbocycles. The first-order chi connectivity index (χ1) is 12.2. The summed E-state index contributed by atoms with van der Waals surface area (Å²) < 4.78 is 5.72. The number of hydrogen-bond donors (Lipinski definition) is 2. The van der Waals surface area contributed by atoms with Crippen molar-refractivity contribution in [3.63, 3.8) is 0 Å². The van der Waals surface area contributed by atoms with Crippen molar-refractivity contribution in [2.45, 2.75) is 32.2 Å². The van der Waals surface area contributed by atoms with E-state index in [0.717, 1.165) is 29.0 Å². The van der Waals surface area contributed by atoms with Crippen molar-refractivity contribution in [3.8, 4) is 5.75 Å². The van der Waals surface area contributed by atoms with Gasteiger partial charge in [-0.3, -0.25) is 9.59 Å². The van der Waals surface area contributed by atoms with E-state index in [0.29, 0.717) is 32.4 Å². The van der Waals surface area contributed by atoms with Crippen molar-refractivity contribution in [1.29, 1.82) is 0 Å². The van der Waals surface area contributed by atoms with Crippen LogP contribution in [0, 0.1) is 0 Å². The SMILES string of the molecule is O=C(CCCOc1ccc2c(c1)CCC(=O)N2)NCc1ccccc1. The molecule has 130 valence electrons. The number of carbonyl (C=O) groups is 2. The van der Waals surface area contributed by atoms with E-state index < -0.39 is 0 Å². The number of benzene rings is 2. The lowest BCUT2D eigenvalue weighted by atomic mass is 10.0. The number of anilines is 1. The molecule has 0 atom stereocenters. The number of carbonyl (C=O) groups excluding carboxylic acids is 2. The smallest absolute Gasteiger partial charge is 0.224 e. The van der Waals surface area contributed by atoms with E-state index in [1.807, 2.05) is 48.5 Å². The lowest BCUT2D eigenvalue weighted by Gasteiger charge is -2.17. The monoisotopic (exact) mass is 338 g/mol. The third-order valence-electron chi connectivity index (χ3n) is 4.12. The van der Waals surface area contributed by atoms with Crippen LogP contribution in [0.2, 0.25) is 0 Å². The van der Waals surface area contributed by atoms with Crippen LogP contribution in [0.1, 0.15) is 30.4 Å². The van der Waals surface area contributed by atoms with Crippen LogP contribution in [0.15, 0.2) is 48.5 Å². The topological polar surface area (TPSA) is 67.4 Å². The zero-order valence-corrected chi connectivity index (χ0v) is 14.1. The molecule has 1 aliphatic heterocycles. The summed E-state index contributed by atoms with van der Waals surface area (Å²) in [6, 6.07) is 15.5. The second-order valence-corrected chi connectivity index (χ2v) is 6.08. The van der Waals surface area contributed by atoms with Gasteiger partial charge in [0.15, 0.2) is 0 Å². The highest BCUT2D eigenvalue weighted by atomic mass is 16.5. The zero-order chi connectivity index (χ0) is 17.5. The van der Waals surface area contributed by atoms with Crippen molar-refractivity contribution in [3.05, 3.63) is 59.7 Å². The predicted octanol–water partition coefficient (Wildman–Crippen LogP) is 3.05. The Kier molecular flexibility index (Phi) is 5.67. The van der Waals surface area contributed by atoms with E-state index in [2.05, 4.69) is 10.6 Å². The first-order valence-corrected chi connectivity index (χ1v) is 8.57. The molecular formula is C20H22N2O3. The Morgan fingerprint density at radius 1 is 1.12 bits per heavy atom. The van der Waals surface area contributed by atoms with Gasteiger partial charge in [-0.05, 0) is 42.2 Å². The summed E-state index contributed by atoms with van der Waals surface area (Å²) >= 11 is 0. The highest BCUT2D eigenvalue weighted by molar-refractivity contribution is 5.94. The Labute approximate surface area is 147 Å². The minimum absolute atomic E-state index is 0.0283. The van der Waals surface area contributed by atoms with Gasteiger partial charge in [0.1, 0.15) is 5.75 Å². The summed E-state index contributed by atoms with van der Waals surface area (Å²) in [7, 11) is 0. The van der Waals surface area contributed by atoms with Crippen LogP contribution in [-0.2, 0) is 22.6 Å². The molecule has 0 saturated heterocycles. The average molecular weight is 338 g/mol. The summed E-state index contributed by atoms with van der Waals surface area (Å²) in [6.07, 6.45) is 2.35. The van der Waals surface area contributed by atoms with Crippen LogP contribution in [0.4, 0.5) is 5.69 Å². The first-order valence-electron chi connectivity index (χ1n) is 8.57. The molecule has 0 unspecified atom stereocenters. The van der Waals surface area contributed by atoms with Gasteiger partial charge >= 0.3 is 0 Å². The second kappa shape index (κ2) is 8.33. The van der Waals surface area contributed by atoms with Crippen molar-refractivity contribution in [1.82, 2.24) is 5.32 Å². The molecule has 25 heavy (non-hydrogen) atoms. The number of ether oxygens (including phenoxy) is 1. The Hall–Kier alpha value is -2.82. The van der Waals surface area contributed by atoms with Gasteiger partial charge in [-0.25, -0.2) is 0 Å². The van der Waals surface area contributed by atoms with Crippen molar-refractivity contribution >= 4 is 17.5 Å². The summed E-state index contributed by atoms with van der Waals surface area (Å²) in [5.41, 5.74) is 3.05. The number of rotatable bonds is 7. The summed E-state index contributed by atoms with van der Waals surface area (Å²) in [4.78, 5) is 23.2. The summed E-state index contributed by atoms with van der Waals surface area (Å²) in [5, 5.41) is 5.76. The molecular weight excluding hydrogens is 316 g/mol. The maximum Gasteiger partial charge on any atom is 0.224 e. The predicted molar refractivity (Wildman–Crippen MR) is 96.4 cm³/mol. The van der Waals surface area contributed by atoms with Gasteiger partial charge in [0.2, 0.25) is 11.8 Å². The van der Waals surface area contributed by atoms with E-state index in [9.17, 15) is 9.59 Å². The Morgan fingerprint density at radius 2 is 1.96 bits per heavy atom. The van der Waals surface area contributed by atoms with Gasteiger partial charge in [0.05, 0.1) is 6.61 Å². The van der Waals surface area contributed by atoms with Gasteiger partial charge in [-0.15, -0.1) is 0 Å². The lowest BCUT2D eigenvalue weighted by Crippen LogP contribution is -2.22. The van der Waals surface area contributed by atoms with E-state index in [-0.39, 0.29) is 11.8 Å². The molecule has 0 aromatic heterocycles. The molecule has 0 spiro atoms. The molecule has 0 bridgehead atoms. The number of nitrogens with one attached hydrogen (secondary N) is 2. The molecule has 0 fully saturated rings. The molecule has 5 heteroatoms. The van der Waals surface area contributed by atoms with Gasteiger partial charge in [0.25, 0.3) is 0 Å². The Balaban J connectivity index is 1.37. The summed E-state index contributed by atoms with van der Waals surface area (Å²) in [6.45, 7) is 1.04. The zero-order valence-electron chi connectivity index (χ0n) is 14.1. The maximum atomic E-state index is 11.8. The van der Waals surface area contributed by atoms with E-state index in [4.69, 9.17) is 4.74 Å². The van der Waals surface area contributed by atoms with Crippen molar-refractivity contribution in [2.75, 3.05) is 11.9 Å². The van der Waals surface area contributed by atoms with E-state index >= 15 is 0 Å². The minimum Gasteiger partial charge on any atom is -0.494 e. The molecule has 1 aliphatic rings. The highest BCUT2D eigenvalue weighted by Gasteiger charge is 2.14. The molecule has 2 aromatic rings. The molecule has 1 heterocycles. The minimum atomic E-state index is 0.0283. The normalized spacial score (nSPS) is 12.9. The average Bonchev–Trinajstić information content (AvgIpc) is 2.64. The van der Waals surface area contributed by atoms with Crippen LogP contribution in [0.5, 0.6) is 5.75 Å². The Bertz CT molecular complexity index is 744. The number of aryl methyl sites for hydroxylation is 1. The molecule has 2 aromatic carbocycles. The molecule has 3 rings (SSSR count). The number of amides is 2. The molecule has 2 N–H and O–H groups in total. The van der Waals surface area contributed by atoms with Crippen LogP contribution in [-0.4, -0.2) is 18.4 Å². The van der Waals surface area contributed by atoms with Gasteiger partial charge in [0, 0.05) is 25.1 Å². The molecule has 0 aliphatic carbocycles. The van der Waals surface area contributed by atoms with Crippen LogP contribution >= 0.6 is 0 Å². The fourth-order valence-electron chi connectivity index (χ4n) is 2.76. The van der Waals surface area contributed by atoms with Crippen LogP contribution in [0.25, 0.3) is 0 Å². The molecule has 0 radical (unpaired) electrons. The third kappa shape index (κ3) is 5.08. The molecule has 5 nitrogen and oxygen atoms in total. The lowest BCUT2D eigenvalue weighted by molar-refractivity contribution is -0.121. The largest absolute Gasteiger partial charge is 0.494 e. The van der Waals surface area contributed by atoms with Crippen LogP contribution < -0.4 is 15.4 Å². The molecule has 2 amide bonds. The number of fused-ring (bicyclic) bond motifs is 1. The van der Waals surface area contributed by atoms with Gasteiger partial charge in [-0.1, -0.05) is 30.3 Å². The van der Waals surface area contributed by atoms with Gasteiger partial charge in [-0.2, -0.15) is 0 Å². The third-order valence-corrected chi connectivity index (χ3v) is 4.12. The van der Waals surface area contributed by atoms with Crippen molar-refractivity contribution < 1.29 is 14.3 Å². The number of hydrogen-bond acceptors (Lipinski definition) is 3. The van der Waals surface area contributed by atoms with Gasteiger partial charge < -0.3 is 15.4 Å². The fraction of sp³-hybridized carbons (Fsp3) is 0.300. The standard InChI is InChI=1S/C20H22N2O3/c23-19(21-14-15-5-2-1-3-6-15)7-4-12-25-17-9-10-18-16(13-17)8-11-20(24)22-18/h1-3,5-6,9-10,13H,4,7-8,11-12,14H2,(H,21,23)(H,22,24). The summed E-state index contributed by atoms with van der Waals surface area (Å²) in [5.74, 6) is 0.864. The quantitative estimate of drug-likeness (QED) is 0.763.